The Morgan fingerprint density at radius 1 is 1.00 bits per heavy atom. The zero-order chi connectivity index (χ0) is 23.1. The number of aromatic nitrogens is 2. The molecule has 0 aliphatic carbocycles. The van der Waals surface area contributed by atoms with Crippen LogP contribution in [0.2, 0.25) is 0 Å². The molecule has 5 rings (SSSR count). The van der Waals surface area contributed by atoms with Crippen molar-refractivity contribution in [3.05, 3.63) is 90.3 Å². The van der Waals surface area contributed by atoms with Crippen LogP contribution in [0.15, 0.2) is 79.1 Å². The van der Waals surface area contributed by atoms with E-state index in [4.69, 9.17) is 0 Å². The zero-order valence-corrected chi connectivity index (χ0v) is 19.0. The number of fused-ring (bicyclic) bond motifs is 2. The summed E-state index contributed by atoms with van der Waals surface area (Å²) in [4.78, 5) is 33.7. The smallest absolute Gasteiger partial charge is 0.246 e. The van der Waals surface area contributed by atoms with Gasteiger partial charge in [0.05, 0.1) is 17.1 Å². The molecule has 0 spiro atoms. The van der Waals surface area contributed by atoms with Crippen LogP contribution in [0.25, 0.3) is 16.7 Å². The van der Waals surface area contributed by atoms with Crippen molar-refractivity contribution in [2.45, 2.75) is 32.4 Å². The highest BCUT2D eigenvalue weighted by atomic mass is 16.2. The fourth-order valence-corrected chi connectivity index (χ4v) is 4.70. The monoisotopic (exact) mass is 438 g/mol. The number of para-hydroxylation sites is 3. The lowest BCUT2D eigenvalue weighted by Crippen LogP contribution is -2.48. The van der Waals surface area contributed by atoms with Crippen molar-refractivity contribution in [1.82, 2.24) is 14.5 Å². The van der Waals surface area contributed by atoms with Gasteiger partial charge in [-0.1, -0.05) is 42.5 Å². The molecule has 1 aliphatic rings. The molecule has 2 atom stereocenters. The minimum Gasteiger partial charge on any atom is -0.337 e. The molecule has 0 N–H and O–H groups in total. The molecule has 1 aliphatic heterocycles. The van der Waals surface area contributed by atoms with E-state index in [1.54, 1.807) is 9.80 Å². The first-order chi connectivity index (χ1) is 16.0. The van der Waals surface area contributed by atoms with Gasteiger partial charge in [-0.15, -0.1) is 0 Å². The predicted molar refractivity (Wildman–Crippen MR) is 129 cm³/mol. The van der Waals surface area contributed by atoms with E-state index in [0.717, 1.165) is 33.5 Å². The van der Waals surface area contributed by atoms with Crippen LogP contribution in [-0.4, -0.2) is 39.4 Å². The lowest BCUT2D eigenvalue weighted by molar-refractivity contribution is -0.134. The lowest BCUT2D eigenvalue weighted by atomic mass is 10.0. The Morgan fingerprint density at radius 2 is 1.70 bits per heavy atom. The minimum absolute atomic E-state index is 0.0569. The first kappa shape index (κ1) is 20.9. The third-order valence-electron chi connectivity index (χ3n) is 6.64. The molecule has 1 unspecified atom stereocenters. The fourth-order valence-electron chi connectivity index (χ4n) is 4.70. The van der Waals surface area contributed by atoms with Gasteiger partial charge in [0.15, 0.2) is 0 Å². The number of imidazole rings is 1. The first-order valence-corrected chi connectivity index (χ1v) is 11.1. The van der Waals surface area contributed by atoms with E-state index < -0.39 is 6.04 Å². The van der Waals surface area contributed by atoms with Gasteiger partial charge in [-0.2, -0.15) is 0 Å². The largest absolute Gasteiger partial charge is 0.337 e. The minimum atomic E-state index is -0.510. The number of hydrogen-bond donors (Lipinski definition) is 0. The van der Waals surface area contributed by atoms with Crippen molar-refractivity contribution in [3.8, 4) is 5.69 Å². The summed E-state index contributed by atoms with van der Waals surface area (Å²) in [6, 6.07) is 23.3. The number of rotatable bonds is 4. The van der Waals surface area contributed by atoms with E-state index in [2.05, 4.69) is 9.55 Å². The molecule has 3 aromatic carbocycles. The van der Waals surface area contributed by atoms with Crippen molar-refractivity contribution in [3.63, 3.8) is 0 Å². The summed E-state index contributed by atoms with van der Waals surface area (Å²) in [7, 11) is 1.81. The number of carbonyl (C=O) groups is 2. The van der Waals surface area contributed by atoms with Crippen LogP contribution in [0.3, 0.4) is 0 Å². The van der Waals surface area contributed by atoms with E-state index in [0.29, 0.717) is 6.42 Å². The SMILES string of the molecule is CC(=O)N1c2ccccc2C[C@H]1C(=O)N(C)C(C)c1ccc(-n2cnc3ccccc32)cc1. The van der Waals surface area contributed by atoms with E-state index in [-0.39, 0.29) is 17.9 Å². The highest BCUT2D eigenvalue weighted by molar-refractivity contribution is 6.02. The number of carbonyl (C=O) groups excluding carboxylic acids is 2. The molecule has 0 saturated heterocycles. The van der Waals surface area contributed by atoms with Gasteiger partial charge < -0.3 is 4.90 Å². The normalized spacial score (nSPS) is 16.0. The maximum Gasteiger partial charge on any atom is 0.246 e. The third-order valence-corrected chi connectivity index (χ3v) is 6.64. The molecule has 0 saturated carbocycles. The summed E-state index contributed by atoms with van der Waals surface area (Å²) in [5.41, 5.74) is 5.92. The molecule has 2 heterocycles. The Balaban J connectivity index is 1.37. The summed E-state index contributed by atoms with van der Waals surface area (Å²) in [6.07, 6.45) is 2.37. The quantitative estimate of drug-likeness (QED) is 0.471. The molecule has 0 radical (unpaired) electrons. The topological polar surface area (TPSA) is 58.4 Å². The van der Waals surface area contributed by atoms with Gasteiger partial charge in [-0.25, -0.2) is 4.98 Å². The predicted octanol–water partition coefficient (Wildman–Crippen LogP) is 4.52. The van der Waals surface area contributed by atoms with E-state index in [1.165, 1.54) is 6.92 Å². The maximum atomic E-state index is 13.5. The van der Waals surface area contributed by atoms with E-state index in [1.807, 2.05) is 93.1 Å². The summed E-state index contributed by atoms with van der Waals surface area (Å²) < 4.78 is 2.05. The van der Waals surface area contributed by atoms with Crippen molar-refractivity contribution in [2.75, 3.05) is 11.9 Å². The highest BCUT2D eigenvalue weighted by Gasteiger charge is 2.39. The Bertz CT molecular complexity index is 1340. The number of nitrogens with zero attached hydrogens (tertiary/aromatic N) is 4. The van der Waals surface area contributed by atoms with Crippen molar-refractivity contribution in [2.24, 2.45) is 0 Å². The molecular formula is C27H26N4O2. The second-order valence-corrected chi connectivity index (χ2v) is 8.56. The summed E-state index contributed by atoms with van der Waals surface area (Å²) in [5, 5.41) is 0. The van der Waals surface area contributed by atoms with Crippen LogP contribution in [0.1, 0.15) is 31.0 Å². The number of benzene rings is 3. The molecule has 6 heteroatoms. The van der Waals surface area contributed by atoms with Crippen LogP contribution < -0.4 is 4.90 Å². The van der Waals surface area contributed by atoms with Gasteiger partial charge in [-0.05, 0) is 48.4 Å². The summed E-state index contributed by atoms with van der Waals surface area (Å²) >= 11 is 0. The fraction of sp³-hybridized carbons (Fsp3) is 0.222. The number of hydrogen-bond acceptors (Lipinski definition) is 3. The van der Waals surface area contributed by atoms with Crippen LogP contribution in [-0.2, 0) is 16.0 Å². The molecule has 6 nitrogen and oxygen atoms in total. The zero-order valence-electron chi connectivity index (χ0n) is 19.0. The Labute approximate surface area is 193 Å². The molecule has 0 bridgehead atoms. The van der Waals surface area contributed by atoms with E-state index in [9.17, 15) is 9.59 Å². The van der Waals surface area contributed by atoms with Gasteiger partial charge in [0.1, 0.15) is 12.4 Å². The molecule has 33 heavy (non-hydrogen) atoms. The molecule has 2 amide bonds. The highest BCUT2D eigenvalue weighted by Crippen LogP contribution is 2.34. The van der Waals surface area contributed by atoms with Crippen LogP contribution in [0, 0.1) is 0 Å². The molecule has 0 fully saturated rings. The van der Waals surface area contributed by atoms with Gasteiger partial charge in [0, 0.05) is 31.8 Å². The summed E-state index contributed by atoms with van der Waals surface area (Å²) in [6.45, 7) is 3.53. The van der Waals surface area contributed by atoms with E-state index >= 15 is 0 Å². The van der Waals surface area contributed by atoms with Crippen LogP contribution >= 0.6 is 0 Å². The number of amides is 2. The van der Waals surface area contributed by atoms with Crippen molar-refractivity contribution >= 4 is 28.5 Å². The average Bonchev–Trinajstić information content (AvgIpc) is 3.44. The Hall–Kier alpha value is -3.93. The molecule has 4 aromatic rings. The third kappa shape index (κ3) is 3.57. The van der Waals surface area contributed by atoms with Crippen LogP contribution in [0.5, 0.6) is 0 Å². The van der Waals surface area contributed by atoms with Gasteiger partial charge >= 0.3 is 0 Å². The van der Waals surface area contributed by atoms with Crippen molar-refractivity contribution < 1.29 is 9.59 Å². The molecule has 166 valence electrons. The maximum absolute atomic E-state index is 13.5. The van der Waals surface area contributed by atoms with Crippen LogP contribution in [0.4, 0.5) is 5.69 Å². The van der Waals surface area contributed by atoms with Gasteiger partial charge in [0.2, 0.25) is 11.8 Å². The standard InChI is InChI=1S/C27H26N4O2/c1-18(20-12-14-22(15-13-20)30-17-28-23-9-5-7-11-25(23)30)29(3)27(33)26-16-21-8-4-6-10-24(21)31(26)19(2)32/h4-15,17-18,26H,16H2,1-3H3/t18?,26-/m0/s1. The number of anilines is 1. The second kappa shape index (κ2) is 8.20. The molecule has 1 aromatic heterocycles. The second-order valence-electron chi connectivity index (χ2n) is 8.56. The Morgan fingerprint density at radius 3 is 2.45 bits per heavy atom. The molecular weight excluding hydrogens is 412 g/mol. The summed E-state index contributed by atoms with van der Waals surface area (Å²) in [5.74, 6) is -0.171. The number of likely N-dealkylation sites (N-methyl/N-ethyl adjacent to an activating group) is 1. The first-order valence-electron chi connectivity index (χ1n) is 11.1. The lowest BCUT2D eigenvalue weighted by Gasteiger charge is -2.31. The Kier molecular flexibility index (Phi) is 5.21. The van der Waals surface area contributed by atoms with Gasteiger partial charge in [-0.3, -0.25) is 19.1 Å². The van der Waals surface area contributed by atoms with Crippen molar-refractivity contribution in [1.29, 1.82) is 0 Å². The van der Waals surface area contributed by atoms with Gasteiger partial charge in [0.25, 0.3) is 0 Å². The average molecular weight is 439 g/mol.